The van der Waals surface area contributed by atoms with Crippen LogP contribution in [0.5, 0.6) is 0 Å². The second-order valence-electron chi connectivity index (χ2n) is 12.4. The van der Waals surface area contributed by atoms with Gasteiger partial charge in [-0.3, -0.25) is 14.3 Å². The van der Waals surface area contributed by atoms with Gasteiger partial charge in [0.1, 0.15) is 11.4 Å². The first-order valence-electron chi connectivity index (χ1n) is 15.2. The highest BCUT2D eigenvalue weighted by Gasteiger charge is 2.45. The van der Waals surface area contributed by atoms with E-state index < -0.39 is 5.60 Å². The highest BCUT2D eigenvalue weighted by molar-refractivity contribution is 5.94. The van der Waals surface area contributed by atoms with Crippen LogP contribution in [-0.2, 0) is 10.2 Å². The zero-order valence-electron chi connectivity index (χ0n) is 23.1. The van der Waals surface area contributed by atoms with Crippen molar-refractivity contribution in [3.05, 3.63) is 53.6 Å². The number of carbonyl (C=O) groups is 2. The Morgan fingerprint density at radius 3 is 2.05 bits per heavy atom. The molecule has 8 nitrogen and oxygen atoms in total. The molecule has 3 fully saturated rings. The van der Waals surface area contributed by atoms with Gasteiger partial charge in [-0.2, -0.15) is 0 Å². The number of hydrogen-bond donors (Lipinski definition) is 2. The third-order valence-corrected chi connectivity index (χ3v) is 9.81. The van der Waals surface area contributed by atoms with Gasteiger partial charge < -0.3 is 20.3 Å². The zero-order chi connectivity index (χ0) is 26.9. The number of carbonyl (C=O) groups excluding carboxylic acids is 2. The SMILES string of the molecule is O=C(c1ccc(C2CC3(CCCCCCCCC3)c3nccn3N2)cc1)N1CCN(C(=O)C2(O)CCC2)CC1. The minimum Gasteiger partial charge on any atom is -0.380 e. The minimum atomic E-state index is -1.17. The maximum atomic E-state index is 13.3. The quantitative estimate of drug-likeness (QED) is 0.605. The molecule has 210 valence electrons. The Labute approximate surface area is 231 Å². The van der Waals surface area contributed by atoms with Crippen molar-refractivity contribution in [1.82, 2.24) is 19.5 Å². The van der Waals surface area contributed by atoms with Crippen LogP contribution in [0.4, 0.5) is 0 Å². The van der Waals surface area contributed by atoms with E-state index in [1.807, 2.05) is 29.4 Å². The standard InChI is InChI=1S/C31H43N5O3/c37-27(34-19-21-35(22-20-34)29(38)31(39)15-8-16-31)25-11-9-24(10-12-25)26-23-30(28-32-17-18-36(28)33-26)13-6-4-2-1-3-5-7-14-30/h9-12,17-18,26,33,39H,1-8,13-16,19-23H2. The van der Waals surface area contributed by atoms with Crippen LogP contribution < -0.4 is 5.43 Å². The van der Waals surface area contributed by atoms with Gasteiger partial charge in [0, 0.05) is 49.6 Å². The van der Waals surface area contributed by atoms with Crippen molar-refractivity contribution >= 4 is 11.8 Å². The number of imidazole rings is 1. The van der Waals surface area contributed by atoms with Crippen LogP contribution in [0.25, 0.3) is 0 Å². The molecule has 39 heavy (non-hydrogen) atoms. The predicted molar refractivity (Wildman–Crippen MR) is 150 cm³/mol. The molecule has 2 aromatic rings. The maximum absolute atomic E-state index is 13.3. The molecule has 0 radical (unpaired) electrons. The molecule has 1 unspecified atom stereocenters. The molecular formula is C31H43N5O3. The lowest BCUT2D eigenvalue weighted by atomic mass is 9.70. The Morgan fingerprint density at radius 2 is 1.44 bits per heavy atom. The topological polar surface area (TPSA) is 90.7 Å². The van der Waals surface area contributed by atoms with Gasteiger partial charge in [-0.25, -0.2) is 4.98 Å². The van der Waals surface area contributed by atoms with Gasteiger partial charge in [0.05, 0.1) is 6.04 Å². The van der Waals surface area contributed by atoms with Gasteiger partial charge in [0.2, 0.25) is 0 Å². The third kappa shape index (κ3) is 5.20. The van der Waals surface area contributed by atoms with Crippen LogP contribution >= 0.6 is 0 Å². The number of nitrogens with one attached hydrogen (secondary N) is 1. The van der Waals surface area contributed by atoms with Crippen LogP contribution in [0, 0.1) is 0 Å². The lowest BCUT2D eigenvalue weighted by molar-refractivity contribution is -0.161. The molecular weight excluding hydrogens is 490 g/mol. The van der Waals surface area contributed by atoms with Crippen molar-refractivity contribution in [3.63, 3.8) is 0 Å². The first-order chi connectivity index (χ1) is 19.0. The van der Waals surface area contributed by atoms with Crippen molar-refractivity contribution < 1.29 is 14.7 Å². The fraction of sp³-hybridized carbons (Fsp3) is 0.645. The normalized spacial score (nSPS) is 24.8. The molecule has 2 aliphatic carbocycles. The lowest BCUT2D eigenvalue weighted by Gasteiger charge is -2.43. The summed E-state index contributed by atoms with van der Waals surface area (Å²) in [6.07, 6.45) is 18.6. The Bertz CT molecular complexity index is 1150. The third-order valence-electron chi connectivity index (χ3n) is 9.81. The van der Waals surface area contributed by atoms with Crippen LogP contribution in [-0.4, -0.2) is 68.2 Å². The predicted octanol–water partition coefficient (Wildman–Crippen LogP) is 4.53. The molecule has 2 amide bonds. The van der Waals surface area contributed by atoms with Gasteiger partial charge in [-0.1, -0.05) is 57.1 Å². The van der Waals surface area contributed by atoms with Gasteiger partial charge in [0.25, 0.3) is 11.8 Å². The molecule has 2 aliphatic heterocycles. The number of aliphatic hydroxyl groups is 1. The van der Waals surface area contributed by atoms with Crippen molar-refractivity contribution in [1.29, 1.82) is 0 Å². The highest BCUT2D eigenvalue weighted by Crippen LogP contribution is 2.45. The molecule has 4 aliphatic rings. The summed E-state index contributed by atoms with van der Waals surface area (Å²) < 4.78 is 2.15. The van der Waals surface area contributed by atoms with E-state index in [9.17, 15) is 14.7 Å². The Kier molecular flexibility index (Phi) is 7.40. The average molecular weight is 534 g/mol. The molecule has 1 aromatic heterocycles. The number of fused-ring (bicyclic) bond motifs is 2. The van der Waals surface area contributed by atoms with E-state index in [1.165, 1.54) is 69.2 Å². The summed E-state index contributed by atoms with van der Waals surface area (Å²) in [6.45, 7) is 1.95. The molecule has 2 N–H and O–H groups in total. The van der Waals surface area contributed by atoms with Crippen molar-refractivity contribution in [3.8, 4) is 0 Å². The Hall–Kier alpha value is -2.87. The van der Waals surface area contributed by atoms with Gasteiger partial charge in [0.15, 0.2) is 0 Å². The van der Waals surface area contributed by atoms with E-state index in [2.05, 4.69) is 22.2 Å². The molecule has 1 saturated heterocycles. The number of piperazine rings is 1. The number of amides is 2. The first kappa shape index (κ1) is 26.4. The summed E-state index contributed by atoms with van der Waals surface area (Å²) in [5, 5.41) is 10.4. The van der Waals surface area contributed by atoms with E-state index in [4.69, 9.17) is 4.98 Å². The van der Waals surface area contributed by atoms with E-state index in [1.54, 1.807) is 4.90 Å². The number of rotatable bonds is 3. The Morgan fingerprint density at radius 1 is 0.821 bits per heavy atom. The molecule has 1 aromatic carbocycles. The summed E-state index contributed by atoms with van der Waals surface area (Å²) in [4.78, 5) is 34.3. The summed E-state index contributed by atoms with van der Waals surface area (Å²) in [7, 11) is 0. The first-order valence-corrected chi connectivity index (χ1v) is 15.2. The van der Waals surface area contributed by atoms with E-state index in [0.717, 1.165) is 12.8 Å². The maximum Gasteiger partial charge on any atom is 0.254 e. The van der Waals surface area contributed by atoms with Crippen molar-refractivity contribution in [2.45, 2.75) is 101 Å². The fourth-order valence-electron chi connectivity index (χ4n) is 7.22. The summed E-state index contributed by atoms with van der Waals surface area (Å²) in [5.41, 5.74) is 4.49. The highest BCUT2D eigenvalue weighted by atomic mass is 16.3. The molecule has 2 saturated carbocycles. The van der Waals surface area contributed by atoms with E-state index >= 15 is 0 Å². The van der Waals surface area contributed by atoms with E-state index in [-0.39, 0.29) is 23.3 Å². The Balaban J connectivity index is 1.12. The fourth-order valence-corrected chi connectivity index (χ4v) is 7.22. The summed E-state index contributed by atoms with van der Waals surface area (Å²) in [6, 6.07) is 8.29. The molecule has 0 bridgehead atoms. The molecule has 1 atom stereocenters. The molecule has 8 heteroatoms. The average Bonchev–Trinajstić information content (AvgIpc) is 3.44. The van der Waals surface area contributed by atoms with Gasteiger partial charge in [-0.05, 0) is 56.2 Å². The summed E-state index contributed by atoms with van der Waals surface area (Å²) >= 11 is 0. The largest absolute Gasteiger partial charge is 0.380 e. The van der Waals surface area contributed by atoms with Crippen molar-refractivity contribution in [2.24, 2.45) is 0 Å². The number of hydrogen-bond acceptors (Lipinski definition) is 5. The molecule has 3 heterocycles. The van der Waals surface area contributed by atoms with Crippen LogP contribution in [0.2, 0.25) is 0 Å². The van der Waals surface area contributed by atoms with Crippen LogP contribution in [0.1, 0.15) is 111 Å². The zero-order valence-corrected chi connectivity index (χ0v) is 23.1. The van der Waals surface area contributed by atoms with E-state index in [0.29, 0.717) is 44.6 Å². The summed E-state index contributed by atoms with van der Waals surface area (Å²) in [5.74, 6) is 1.03. The molecule has 1 spiro atoms. The monoisotopic (exact) mass is 533 g/mol. The van der Waals surface area contributed by atoms with Gasteiger partial charge in [-0.15, -0.1) is 0 Å². The number of benzene rings is 1. The minimum absolute atomic E-state index is 0.00769. The van der Waals surface area contributed by atoms with Crippen LogP contribution in [0.3, 0.4) is 0 Å². The van der Waals surface area contributed by atoms with Crippen molar-refractivity contribution in [2.75, 3.05) is 31.6 Å². The molecule has 6 rings (SSSR count). The smallest absolute Gasteiger partial charge is 0.254 e. The number of nitrogens with zero attached hydrogens (tertiary/aromatic N) is 4. The second kappa shape index (κ2) is 11.0. The number of aromatic nitrogens is 2. The second-order valence-corrected chi connectivity index (χ2v) is 12.4. The lowest BCUT2D eigenvalue weighted by Crippen LogP contribution is -2.58. The van der Waals surface area contributed by atoms with Gasteiger partial charge >= 0.3 is 0 Å². The van der Waals surface area contributed by atoms with Crippen LogP contribution in [0.15, 0.2) is 36.7 Å².